The van der Waals surface area contributed by atoms with Crippen molar-refractivity contribution in [1.82, 2.24) is 10.2 Å². The summed E-state index contributed by atoms with van der Waals surface area (Å²) < 4.78 is 10.5. The fourth-order valence-corrected chi connectivity index (χ4v) is 3.56. The van der Waals surface area contributed by atoms with E-state index in [0.717, 1.165) is 42.5 Å². The molecule has 0 unspecified atom stereocenters. The van der Waals surface area contributed by atoms with Gasteiger partial charge in [0.25, 0.3) is 0 Å². The number of piperazine rings is 1. The Labute approximate surface area is 171 Å². The zero-order chi connectivity index (χ0) is 19.9. The largest absolute Gasteiger partial charge is 0.493 e. The van der Waals surface area contributed by atoms with Crippen molar-refractivity contribution >= 4 is 23.2 Å². The van der Waals surface area contributed by atoms with Crippen LogP contribution in [0.4, 0.5) is 5.69 Å². The molecule has 0 radical (unpaired) electrons. The Balaban J connectivity index is 1.45. The number of carbonyl (C=O) groups is 1. The minimum absolute atomic E-state index is 0.0148. The molecule has 0 atom stereocenters. The first-order chi connectivity index (χ1) is 13.6. The lowest BCUT2D eigenvalue weighted by Gasteiger charge is -2.36. The molecule has 1 N–H and O–H groups in total. The molecule has 1 heterocycles. The molecular weight excluding hydrogens is 378 g/mol. The lowest BCUT2D eigenvalue weighted by molar-refractivity contribution is -0.122. The highest BCUT2D eigenvalue weighted by Crippen LogP contribution is 2.27. The standard InChI is InChI=1S/C21H26ClN3O3/c1-27-19-8-7-16(13-20(19)28-2)14-23-21(26)15-24-9-11-25(12-10-24)18-6-4-3-5-17(18)22/h3-8,13H,9-12,14-15H2,1-2H3,(H,23,26). The first-order valence-corrected chi connectivity index (χ1v) is 9.68. The van der Waals surface area contributed by atoms with E-state index in [0.29, 0.717) is 24.6 Å². The third-order valence-electron chi connectivity index (χ3n) is 4.87. The van der Waals surface area contributed by atoms with Crippen LogP contribution in [0.1, 0.15) is 5.56 Å². The molecule has 2 aromatic carbocycles. The molecule has 6 nitrogen and oxygen atoms in total. The summed E-state index contributed by atoms with van der Waals surface area (Å²) in [4.78, 5) is 16.8. The van der Waals surface area contributed by atoms with E-state index < -0.39 is 0 Å². The first-order valence-electron chi connectivity index (χ1n) is 9.30. The van der Waals surface area contributed by atoms with Crippen molar-refractivity contribution in [3.05, 3.63) is 53.1 Å². The van der Waals surface area contributed by atoms with E-state index in [1.165, 1.54) is 0 Å². The van der Waals surface area contributed by atoms with Gasteiger partial charge in [0.2, 0.25) is 5.91 Å². The van der Waals surface area contributed by atoms with E-state index in [4.69, 9.17) is 21.1 Å². The highest BCUT2D eigenvalue weighted by atomic mass is 35.5. The van der Waals surface area contributed by atoms with Crippen molar-refractivity contribution in [3.8, 4) is 11.5 Å². The quantitative estimate of drug-likeness (QED) is 0.770. The molecule has 0 aliphatic carbocycles. The van der Waals surface area contributed by atoms with Crippen LogP contribution in [-0.4, -0.2) is 57.8 Å². The zero-order valence-electron chi connectivity index (χ0n) is 16.3. The third kappa shape index (κ3) is 5.09. The van der Waals surface area contributed by atoms with Crippen molar-refractivity contribution in [1.29, 1.82) is 0 Å². The molecule has 1 amide bonds. The van der Waals surface area contributed by atoms with Gasteiger partial charge in [-0.1, -0.05) is 29.8 Å². The molecule has 0 aromatic heterocycles. The summed E-state index contributed by atoms with van der Waals surface area (Å²) in [5.41, 5.74) is 2.02. The van der Waals surface area contributed by atoms with Crippen LogP contribution in [0.3, 0.4) is 0 Å². The van der Waals surface area contributed by atoms with Crippen LogP contribution < -0.4 is 19.7 Å². The Morgan fingerprint density at radius 1 is 1.04 bits per heavy atom. The van der Waals surface area contributed by atoms with Crippen LogP contribution in [0.2, 0.25) is 5.02 Å². The summed E-state index contributed by atoms with van der Waals surface area (Å²) >= 11 is 6.28. The zero-order valence-corrected chi connectivity index (χ0v) is 17.0. The summed E-state index contributed by atoms with van der Waals surface area (Å²) in [5.74, 6) is 1.35. The SMILES string of the molecule is COc1ccc(CNC(=O)CN2CCN(c3ccccc3Cl)CC2)cc1OC. The number of amides is 1. The smallest absolute Gasteiger partial charge is 0.234 e. The monoisotopic (exact) mass is 403 g/mol. The topological polar surface area (TPSA) is 54.0 Å². The Morgan fingerprint density at radius 3 is 2.43 bits per heavy atom. The number of carbonyl (C=O) groups excluding carboxylic acids is 1. The lowest BCUT2D eigenvalue weighted by atomic mass is 10.2. The highest BCUT2D eigenvalue weighted by molar-refractivity contribution is 6.33. The number of hydrogen-bond donors (Lipinski definition) is 1. The first kappa shape index (κ1) is 20.3. The van der Waals surface area contributed by atoms with Gasteiger partial charge < -0.3 is 19.7 Å². The summed E-state index contributed by atoms with van der Waals surface area (Å²) in [6.07, 6.45) is 0. The van der Waals surface area contributed by atoms with Crippen LogP contribution in [0, 0.1) is 0 Å². The average Bonchev–Trinajstić information content (AvgIpc) is 2.73. The van der Waals surface area contributed by atoms with Gasteiger partial charge >= 0.3 is 0 Å². The van der Waals surface area contributed by atoms with Gasteiger partial charge in [-0.15, -0.1) is 0 Å². The highest BCUT2D eigenvalue weighted by Gasteiger charge is 2.20. The van der Waals surface area contributed by atoms with Gasteiger partial charge in [0.15, 0.2) is 11.5 Å². The summed E-state index contributed by atoms with van der Waals surface area (Å²) in [5, 5.41) is 3.74. The predicted octanol–water partition coefficient (Wildman–Crippen LogP) is 2.80. The molecule has 0 spiro atoms. The molecule has 1 fully saturated rings. The van der Waals surface area contributed by atoms with Crippen LogP contribution in [0.15, 0.2) is 42.5 Å². The van der Waals surface area contributed by atoms with Gasteiger partial charge in [0.1, 0.15) is 0 Å². The number of benzene rings is 2. The molecule has 1 aliphatic heterocycles. The third-order valence-corrected chi connectivity index (χ3v) is 5.19. The summed E-state index contributed by atoms with van der Waals surface area (Å²) in [7, 11) is 3.20. The maximum absolute atomic E-state index is 12.3. The van der Waals surface area contributed by atoms with E-state index in [1.807, 2.05) is 42.5 Å². The van der Waals surface area contributed by atoms with Crippen molar-refractivity contribution in [3.63, 3.8) is 0 Å². The van der Waals surface area contributed by atoms with Gasteiger partial charge in [-0.3, -0.25) is 9.69 Å². The molecule has 0 saturated carbocycles. The van der Waals surface area contributed by atoms with E-state index in [1.54, 1.807) is 14.2 Å². The van der Waals surface area contributed by atoms with Crippen LogP contribution in [-0.2, 0) is 11.3 Å². The van der Waals surface area contributed by atoms with Gasteiger partial charge in [0, 0.05) is 32.7 Å². The Bertz CT molecular complexity index is 807. The van der Waals surface area contributed by atoms with Crippen LogP contribution in [0.5, 0.6) is 11.5 Å². The average molecular weight is 404 g/mol. The molecular formula is C21H26ClN3O3. The number of anilines is 1. The normalized spacial score (nSPS) is 14.6. The number of rotatable bonds is 7. The molecule has 7 heteroatoms. The van der Waals surface area contributed by atoms with E-state index in [9.17, 15) is 4.79 Å². The second kappa shape index (κ2) is 9.66. The van der Waals surface area contributed by atoms with Crippen molar-refractivity contribution in [2.24, 2.45) is 0 Å². The van der Waals surface area contributed by atoms with Crippen molar-refractivity contribution in [2.75, 3.05) is 51.8 Å². The van der Waals surface area contributed by atoms with E-state index in [2.05, 4.69) is 15.1 Å². The molecule has 2 aromatic rings. The Morgan fingerprint density at radius 2 is 1.75 bits per heavy atom. The Hall–Kier alpha value is -2.44. The van der Waals surface area contributed by atoms with E-state index >= 15 is 0 Å². The van der Waals surface area contributed by atoms with Gasteiger partial charge in [0.05, 0.1) is 31.5 Å². The molecule has 3 rings (SSSR count). The van der Waals surface area contributed by atoms with Gasteiger partial charge in [-0.25, -0.2) is 0 Å². The fourth-order valence-electron chi connectivity index (χ4n) is 3.31. The molecule has 1 aliphatic rings. The van der Waals surface area contributed by atoms with Crippen LogP contribution >= 0.6 is 11.6 Å². The molecule has 28 heavy (non-hydrogen) atoms. The fraction of sp³-hybridized carbons (Fsp3) is 0.381. The van der Waals surface area contributed by atoms with Gasteiger partial charge in [-0.2, -0.15) is 0 Å². The number of para-hydroxylation sites is 1. The number of halogens is 1. The maximum atomic E-state index is 12.3. The van der Waals surface area contributed by atoms with Crippen molar-refractivity contribution < 1.29 is 14.3 Å². The molecule has 150 valence electrons. The van der Waals surface area contributed by atoms with Crippen LogP contribution in [0.25, 0.3) is 0 Å². The predicted molar refractivity (Wildman–Crippen MR) is 111 cm³/mol. The minimum atomic E-state index is 0.0148. The second-order valence-corrected chi connectivity index (χ2v) is 7.09. The summed E-state index contributed by atoms with van der Waals surface area (Å²) in [6, 6.07) is 13.5. The summed E-state index contributed by atoms with van der Waals surface area (Å²) in [6.45, 7) is 4.21. The lowest BCUT2D eigenvalue weighted by Crippen LogP contribution is -2.49. The number of nitrogens with one attached hydrogen (secondary N) is 1. The van der Waals surface area contributed by atoms with Crippen molar-refractivity contribution in [2.45, 2.75) is 6.54 Å². The Kier molecular flexibility index (Phi) is 7.01. The second-order valence-electron chi connectivity index (χ2n) is 6.68. The number of methoxy groups -OCH3 is 2. The van der Waals surface area contributed by atoms with E-state index in [-0.39, 0.29) is 5.91 Å². The number of hydrogen-bond acceptors (Lipinski definition) is 5. The van der Waals surface area contributed by atoms with Gasteiger partial charge in [-0.05, 0) is 29.8 Å². The maximum Gasteiger partial charge on any atom is 0.234 e. The molecule has 0 bridgehead atoms. The number of ether oxygens (including phenoxy) is 2. The minimum Gasteiger partial charge on any atom is -0.493 e. The number of nitrogens with zero attached hydrogens (tertiary/aromatic N) is 2. The molecule has 1 saturated heterocycles.